The van der Waals surface area contributed by atoms with Gasteiger partial charge in [0.1, 0.15) is 5.52 Å². The molecule has 0 aliphatic carbocycles. The third-order valence-electron chi connectivity index (χ3n) is 5.18. The number of halogens is 1. The van der Waals surface area contributed by atoms with Gasteiger partial charge in [-0.05, 0) is 49.6 Å². The Labute approximate surface area is 172 Å². The normalized spacial score (nSPS) is 11.3. The van der Waals surface area contributed by atoms with Gasteiger partial charge in [0, 0.05) is 12.4 Å². The number of imidazole rings is 1. The van der Waals surface area contributed by atoms with Gasteiger partial charge in [0.15, 0.2) is 10.8 Å². The van der Waals surface area contributed by atoms with E-state index in [0.717, 1.165) is 28.1 Å². The standard InChI is InChI=1S/C20H20ClN7O/c1-11-8-24-15(13(3)12(11)2)10-28-18-16(17(21)25-19(22)26-18)27(20(28)29)9-14-6-4-5-7-23-14/h4-8H,9-10H2,1-3H3,(H2,22,25,26). The van der Waals surface area contributed by atoms with Gasteiger partial charge < -0.3 is 5.73 Å². The van der Waals surface area contributed by atoms with Crippen LogP contribution in [0.15, 0.2) is 35.4 Å². The zero-order chi connectivity index (χ0) is 20.7. The van der Waals surface area contributed by atoms with Gasteiger partial charge in [-0.1, -0.05) is 17.7 Å². The molecule has 0 fully saturated rings. The van der Waals surface area contributed by atoms with Crippen molar-refractivity contribution >= 4 is 28.7 Å². The molecule has 4 rings (SSSR count). The molecule has 0 unspecified atom stereocenters. The molecular formula is C20H20ClN7O. The summed E-state index contributed by atoms with van der Waals surface area (Å²) in [5, 5.41) is 0.129. The van der Waals surface area contributed by atoms with E-state index < -0.39 is 0 Å². The first kappa shape index (κ1) is 19.1. The predicted octanol–water partition coefficient (Wildman–Crippen LogP) is 2.64. The van der Waals surface area contributed by atoms with Crippen molar-refractivity contribution in [3.63, 3.8) is 0 Å². The van der Waals surface area contributed by atoms with Crippen LogP contribution in [0.1, 0.15) is 28.1 Å². The number of aromatic nitrogens is 6. The summed E-state index contributed by atoms with van der Waals surface area (Å²) in [6.45, 7) is 6.55. The minimum absolute atomic E-state index is 0.0102. The third-order valence-corrected chi connectivity index (χ3v) is 5.45. The Hall–Kier alpha value is -3.26. The summed E-state index contributed by atoms with van der Waals surface area (Å²) < 4.78 is 3.06. The van der Waals surface area contributed by atoms with Crippen LogP contribution in [0.4, 0.5) is 5.95 Å². The predicted molar refractivity (Wildman–Crippen MR) is 112 cm³/mol. The SMILES string of the molecule is Cc1cnc(Cn2c(=O)n(Cc3ccccn3)c3c(Cl)nc(N)nc32)c(C)c1C. The highest BCUT2D eigenvalue weighted by molar-refractivity contribution is 6.33. The van der Waals surface area contributed by atoms with E-state index in [-0.39, 0.29) is 29.9 Å². The molecule has 0 aliphatic heterocycles. The molecule has 2 N–H and O–H groups in total. The summed E-state index contributed by atoms with van der Waals surface area (Å²) in [5.41, 5.74) is 11.2. The number of fused-ring (bicyclic) bond motifs is 1. The molecule has 9 heteroatoms. The first-order valence-corrected chi connectivity index (χ1v) is 9.48. The number of nitrogens with zero attached hydrogens (tertiary/aromatic N) is 6. The number of rotatable bonds is 4. The number of nitrogens with two attached hydrogens (primary N) is 1. The Morgan fingerprint density at radius 2 is 1.83 bits per heavy atom. The lowest BCUT2D eigenvalue weighted by molar-refractivity contribution is 0.679. The van der Waals surface area contributed by atoms with Crippen molar-refractivity contribution in [2.45, 2.75) is 33.9 Å². The average Bonchev–Trinajstić information content (AvgIpc) is 2.95. The van der Waals surface area contributed by atoms with Crippen molar-refractivity contribution in [2.24, 2.45) is 0 Å². The number of hydrogen-bond acceptors (Lipinski definition) is 6. The molecule has 4 aromatic rings. The van der Waals surface area contributed by atoms with Crippen LogP contribution in [0, 0.1) is 20.8 Å². The first-order valence-electron chi connectivity index (χ1n) is 9.10. The maximum absolute atomic E-state index is 13.3. The second kappa shape index (κ2) is 7.29. The minimum Gasteiger partial charge on any atom is -0.368 e. The lowest BCUT2D eigenvalue weighted by Gasteiger charge is -2.10. The van der Waals surface area contributed by atoms with Crippen LogP contribution in [0.3, 0.4) is 0 Å². The van der Waals surface area contributed by atoms with E-state index in [1.54, 1.807) is 6.20 Å². The lowest BCUT2D eigenvalue weighted by Crippen LogP contribution is -2.26. The quantitative estimate of drug-likeness (QED) is 0.519. The number of pyridine rings is 2. The summed E-state index contributed by atoms with van der Waals surface area (Å²) in [6.07, 6.45) is 3.49. The molecule has 0 radical (unpaired) electrons. The van der Waals surface area contributed by atoms with Crippen molar-refractivity contribution < 1.29 is 0 Å². The zero-order valence-corrected chi connectivity index (χ0v) is 17.1. The van der Waals surface area contributed by atoms with Crippen molar-refractivity contribution in [2.75, 3.05) is 5.73 Å². The molecule has 4 heterocycles. The number of nitrogen functional groups attached to an aromatic ring is 1. The van der Waals surface area contributed by atoms with Crippen LogP contribution in [0.25, 0.3) is 11.2 Å². The molecule has 4 aromatic heterocycles. The van der Waals surface area contributed by atoms with Crippen molar-refractivity contribution in [1.29, 1.82) is 0 Å². The summed E-state index contributed by atoms with van der Waals surface area (Å²) in [7, 11) is 0. The zero-order valence-electron chi connectivity index (χ0n) is 16.3. The fourth-order valence-corrected chi connectivity index (χ4v) is 3.59. The largest absolute Gasteiger partial charge is 0.368 e. The van der Waals surface area contributed by atoms with Gasteiger partial charge in [-0.2, -0.15) is 9.97 Å². The molecule has 0 atom stereocenters. The molecule has 148 valence electrons. The van der Waals surface area contributed by atoms with Gasteiger partial charge in [0.25, 0.3) is 0 Å². The van der Waals surface area contributed by atoms with E-state index >= 15 is 0 Å². The highest BCUT2D eigenvalue weighted by atomic mass is 35.5. The topological polar surface area (TPSA) is 105 Å². The number of aryl methyl sites for hydroxylation is 1. The summed E-state index contributed by atoms with van der Waals surface area (Å²) in [5.74, 6) is 0.0102. The molecule has 0 aliphatic rings. The fourth-order valence-electron chi connectivity index (χ4n) is 3.32. The van der Waals surface area contributed by atoms with Crippen LogP contribution in [-0.2, 0) is 13.1 Å². The molecule has 0 saturated heterocycles. The highest BCUT2D eigenvalue weighted by Gasteiger charge is 2.21. The molecule has 0 aromatic carbocycles. The molecule has 29 heavy (non-hydrogen) atoms. The van der Waals surface area contributed by atoms with Crippen LogP contribution in [0.2, 0.25) is 5.15 Å². The Bertz CT molecular complexity index is 1280. The summed E-state index contributed by atoms with van der Waals surface area (Å²) in [6, 6.07) is 5.53. The Kier molecular flexibility index (Phi) is 4.79. The van der Waals surface area contributed by atoms with Gasteiger partial charge in [-0.15, -0.1) is 0 Å². The van der Waals surface area contributed by atoms with Gasteiger partial charge in [0.2, 0.25) is 5.95 Å². The van der Waals surface area contributed by atoms with Crippen LogP contribution in [-0.4, -0.2) is 29.1 Å². The maximum atomic E-state index is 13.3. The second-order valence-electron chi connectivity index (χ2n) is 6.96. The van der Waals surface area contributed by atoms with E-state index in [4.69, 9.17) is 17.3 Å². The Balaban J connectivity index is 1.92. The highest BCUT2D eigenvalue weighted by Crippen LogP contribution is 2.23. The molecule has 0 saturated carbocycles. The third kappa shape index (κ3) is 3.36. The van der Waals surface area contributed by atoms with Crippen LogP contribution in [0.5, 0.6) is 0 Å². The van der Waals surface area contributed by atoms with E-state index in [2.05, 4.69) is 19.9 Å². The fraction of sp³-hybridized carbons (Fsp3) is 0.250. The maximum Gasteiger partial charge on any atom is 0.331 e. The van der Waals surface area contributed by atoms with Crippen molar-refractivity contribution in [3.8, 4) is 0 Å². The van der Waals surface area contributed by atoms with Crippen LogP contribution >= 0.6 is 11.6 Å². The van der Waals surface area contributed by atoms with Gasteiger partial charge >= 0.3 is 5.69 Å². The van der Waals surface area contributed by atoms with E-state index in [9.17, 15) is 4.79 Å². The van der Waals surface area contributed by atoms with Crippen LogP contribution < -0.4 is 11.4 Å². The summed E-state index contributed by atoms with van der Waals surface area (Å²) >= 11 is 6.36. The summed E-state index contributed by atoms with van der Waals surface area (Å²) in [4.78, 5) is 30.5. The molecular weight excluding hydrogens is 390 g/mol. The van der Waals surface area contributed by atoms with Gasteiger partial charge in [0.05, 0.1) is 24.5 Å². The minimum atomic E-state index is -0.271. The van der Waals surface area contributed by atoms with Gasteiger partial charge in [-0.3, -0.25) is 19.1 Å². The van der Waals surface area contributed by atoms with E-state index in [0.29, 0.717) is 11.2 Å². The average molecular weight is 410 g/mol. The number of anilines is 1. The number of hydrogen-bond donors (Lipinski definition) is 1. The first-order chi connectivity index (χ1) is 13.9. The Morgan fingerprint density at radius 1 is 1.03 bits per heavy atom. The monoisotopic (exact) mass is 409 g/mol. The Morgan fingerprint density at radius 3 is 2.55 bits per heavy atom. The molecule has 0 spiro atoms. The van der Waals surface area contributed by atoms with E-state index in [1.807, 2.05) is 45.2 Å². The van der Waals surface area contributed by atoms with Gasteiger partial charge in [-0.25, -0.2) is 4.79 Å². The molecule has 0 amide bonds. The lowest BCUT2D eigenvalue weighted by atomic mass is 10.0. The van der Waals surface area contributed by atoms with Crippen molar-refractivity contribution in [3.05, 3.63) is 74.3 Å². The smallest absolute Gasteiger partial charge is 0.331 e. The second-order valence-corrected chi connectivity index (χ2v) is 7.32. The molecule has 8 nitrogen and oxygen atoms in total. The molecule has 0 bridgehead atoms. The van der Waals surface area contributed by atoms with E-state index in [1.165, 1.54) is 9.13 Å². The van der Waals surface area contributed by atoms with Crippen molar-refractivity contribution in [1.82, 2.24) is 29.1 Å².